The molecule has 0 aliphatic carbocycles. The van der Waals surface area contributed by atoms with Gasteiger partial charge >= 0.3 is 0 Å². The summed E-state index contributed by atoms with van der Waals surface area (Å²) in [6.45, 7) is 9.57. The molecule has 84 valence electrons. The quantitative estimate of drug-likeness (QED) is 0.563. The molecule has 0 amide bonds. The first-order chi connectivity index (χ1) is 6.59. The molecule has 0 aliphatic rings. The maximum atomic E-state index is 11.2. The number of Topliss-reactive ketones (excluding diaryl/α,β-unsaturated/α-hetero) is 1. The highest BCUT2D eigenvalue weighted by molar-refractivity contribution is 5.78. The Bertz CT molecular complexity index is 152. The minimum atomic E-state index is 0.177. The molecule has 0 fully saturated rings. The summed E-state index contributed by atoms with van der Waals surface area (Å²) in [7, 11) is 0. The third kappa shape index (κ3) is 6.14. The van der Waals surface area contributed by atoms with Crippen LogP contribution in [-0.2, 0) is 9.53 Å². The van der Waals surface area contributed by atoms with Crippen LogP contribution in [0.15, 0.2) is 0 Å². The molecule has 1 unspecified atom stereocenters. The van der Waals surface area contributed by atoms with Crippen LogP contribution in [0.4, 0.5) is 0 Å². The second kappa shape index (κ2) is 7.98. The molecule has 0 spiro atoms. The van der Waals surface area contributed by atoms with E-state index in [9.17, 15) is 4.79 Å². The predicted molar refractivity (Wildman–Crippen MR) is 59.4 cm³/mol. The van der Waals surface area contributed by atoms with Crippen LogP contribution in [0.1, 0.15) is 47.0 Å². The van der Waals surface area contributed by atoms with E-state index in [2.05, 4.69) is 20.8 Å². The summed E-state index contributed by atoms with van der Waals surface area (Å²) in [4.78, 5) is 11.2. The molecule has 0 radical (unpaired) electrons. The van der Waals surface area contributed by atoms with E-state index in [1.165, 1.54) is 6.42 Å². The van der Waals surface area contributed by atoms with Crippen LogP contribution in [0.3, 0.4) is 0 Å². The van der Waals surface area contributed by atoms with E-state index in [0.717, 1.165) is 26.1 Å². The number of rotatable bonds is 8. The fourth-order valence-electron chi connectivity index (χ4n) is 1.56. The molecule has 0 rings (SSSR count). The van der Waals surface area contributed by atoms with E-state index in [4.69, 9.17) is 4.74 Å². The van der Waals surface area contributed by atoms with Crippen molar-refractivity contribution in [3.8, 4) is 0 Å². The van der Waals surface area contributed by atoms with E-state index in [-0.39, 0.29) is 5.92 Å². The monoisotopic (exact) mass is 200 g/mol. The topological polar surface area (TPSA) is 26.3 Å². The molecule has 14 heavy (non-hydrogen) atoms. The van der Waals surface area contributed by atoms with E-state index in [0.29, 0.717) is 11.7 Å². The molecule has 0 aromatic heterocycles. The van der Waals surface area contributed by atoms with Crippen LogP contribution in [-0.4, -0.2) is 19.0 Å². The molecule has 0 N–H and O–H groups in total. The highest BCUT2D eigenvalue weighted by atomic mass is 16.5. The average Bonchev–Trinajstić information content (AvgIpc) is 2.09. The summed E-state index contributed by atoms with van der Waals surface area (Å²) >= 11 is 0. The van der Waals surface area contributed by atoms with Crippen LogP contribution in [0.5, 0.6) is 0 Å². The molecular formula is C12H24O2. The van der Waals surface area contributed by atoms with Crippen LogP contribution in [0, 0.1) is 11.8 Å². The van der Waals surface area contributed by atoms with Crippen LogP contribution in [0.25, 0.3) is 0 Å². The molecular weight excluding hydrogens is 176 g/mol. The van der Waals surface area contributed by atoms with Gasteiger partial charge in [0.2, 0.25) is 0 Å². The van der Waals surface area contributed by atoms with Crippen molar-refractivity contribution in [1.29, 1.82) is 0 Å². The summed E-state index contributed by atoms with van der Waals surface area (Å²) < 4.78 is 5.45. The Morgan fingerprint density at radius 2 is 1.93 bits per heavy atom. The number of ketones is 1. The van der Waals surface area contributed by atoms with Crippen LogP contribution in [0.2, 0.25) is 0 Å². The van der Waals surface area contributed by atoms with Gasteiger partial charge < -0.3 is 4.74 Å². The van der Waals surface area contributed by atoms with Crippen molar-refractivity contribution in [3.63, 3.8) is 0 Å². The maximum absolute atomic E-state index is 11.2. The third-order valence-corrected chi connectivity index (χ3v) is 2.54. The highest BCUT2D eigenvalue weighted by Gasteiger charge is 2.17. The Morgan fingerprint density at radius 3 is 2.36 bits per heavy atom. The Morgan fingerprint density at radius 1 is 1.29 bits per heavy atom. The number of ether oxygens (including phenoxy) is 1. The number of carbonyl (C=O) groups excluding carboxylic acids is 1. The maximum Gasteiger partial charge on any atom is 0.133 e. The lowest BCUT2D eigenvalue weighted by molar-refractivity contribution is -0.122. The summed E-state index contributed by atoms with van der Waals surface area (Å²) in [5.41, 5.74) is 0. The fraction of sp³-hybridized carbons (Fsp3) is 0.917. The molecule has 2 nitrogen and oxygen atoms in total. The van der Waals surface area contributed by atoms with E-state index < -0.39 is 0 Å². The highest BCUT2D eigenvalue weighted by Crippen LogP contribution is 2.16. The van der Waals surface area contributed by atoms with Crippen molar-refractivity contribution in [2.24, 2.45) is 11.8 Å². The minimum Gasteiger partial charge on any atom is -0.381 e. The lowest BCUT2D eigenvalue weighted by atomic mass is 9.89. The summed E-state index contributed by atoms with van der Waals surface area (Å²) in [5, 5.41) is 0. The normalized spacial score (nSPS) is 13.2. The van der Waals surface area contributed by atoms with Gasteiger partial charge in [0.15, 0.2) is 0 Å². The van der Waals surface area contributed by atoms with Crippen molar-refractivity contribution < 1.29 is 9.53 Å². The summed E-state index contributed by atoms with van der Waals surface area (Å²) in [5.74, 6) is 0.901. The molecule has 0 saturated carbocycles. The minimum absolute atomic E-state index is 0.177. The van der Waals surface area contributed by atoms with Gasteiger partial charge in [-0.3, -0.25) is 4.79 Å². The van der Waals surface area contributed by atoms with Crippen molar-refractivity contribution >= 4 is 5.78 Å². The molecule has 2 heteroatoms. The van der Waals surface area contributed by atoms with Gasteiger partial charge in [-0.2, -0.15) is 0 Å². The van der Waals surface area contributed by atoms with Gasteiger partial charge in [-0.1, -0.05) is 27.2 Å². The van der Waals surface area contributed by atoms with E-state index >= 15 is 0 Å². The SMILES string of the molecule is CCCCOCCC(C(C)=O)C(C)C. The van der Waals surface area contributed by atoms with E-state index in [1.807, 2.05) is 0 Å². The first-order valence-corrected chi connectivity index (χ1v) is 5.67. The Labute approximate surface area is 88.0 Å². The Kier molecular flexibility index (Phi) is 7.77. The zero-order valence-electron chi connectivity index (χ0n) is 10.0. The first-order valence-electron chi connectivity index (χ1n) is 5.67. The zero-order valence-corrected chi connectivity index (χ0v) is 10.0. The van der Waals surface area contributed by atoms with E-state index in [1.54, 1.807) is 6.92 Å². The number of hydrogen-bond donors (Lipinski definition) is 0. The third-order valence-electron chi connectivity index (χ3n) is 2.54. The molecule has 0 bridgehead atoms. The van der Waals surface area contributed by atoms with Gasteiger partial charge in [-0.05, 0) is 25.7 Å². The van der Waals surface area contributed by atoms with Gasteiger partial charge in [0, 0.05) is 19.1 Å². The molecule has 0 heterocycles. The molecule has 0 saturated heterocycles. The van der Waals surface area contributed by atoms with Crippen molar-refractivity contribution in [2.45, 2.75) is 47.0 Å². The lowest BCUT2D eigenvalue weighted by Crippen LogP contribution is -2.19. The van der Waals surface area contributed by atoms with Gasteiger partial charge in [-0.15, -0.1) is 0 Å². The zero-order chi connectivity index (χ0) is 11.0. The van der Waals surface area contributed by atoms with Crippen molar-refractivity contribution in [2.75, 3.05) is 13.2 Å². The van der Waals surface area contributed by atoms with Gasteiger partial charge in [0.1, 0.15) is 5.78 Å². The molecule has 0 aromatic rings. The van der Waals surface area contributed by atoms with Gasteiger partial charge in [0.05, 0.1) is 0 Å². The fourth-order valence-corrected chi connectivity index (χ4v) is 1.56. The Hall–Kier alpha value is -0.370. The van der Waals surface area contributed by atoms with Crippen LogP contribution >= 0.6 is 0 Å². The number of carbonyl (C=O) groups is 1. The largest absolute Gasteiger partial charge is 0.381 e. The lowest BCUT2D eigenvalue weighted by Gasteiger charge is -2.17. The van der Waals surface area contributed by atoms with Crippen molar-refractivity contribution in [3.05, 3.63) is 0 Å². The average molecular weight is 200 g/mol. The second-order valence-electron chi connectivity index (χ2n) is 4.22. The van der Waals surface area contributed by atoms with Crippen molar-refractivity contribution in [1.82, 2.24) is 0 Å². The number of hydrogen-bond acceptors (Lipinski definition) is 2. The van der Waals surface area contributed by atoms with Gasteiger partial charge in [-0.25, -0.2) is 0 Å². The molecule has 1 atom stereocenters. The number of unbranched alkanes of at least 4 members (excludes halogenated alkanes) is 1. The smallest absolute Gasteiger partial charge is 0.133 e. The second-order valence-corrected chi connectivity index (χ2v) is 4.22. The summed E-state index contributed by atoms with van der Waals surface area (Å²) in [6, 6.07) is 0. The first kappa shape index (κ1) is 13.6. The Balaban J connectivity index is 3.57. The molecule has 0 aliphatic heterocycles. The molecule has 0 aromatic carbocycles. The predicted octanol–water partition coefficient (Wildman–Crippen LogP) is 3.05. The van der Waals surface area contributed by atoms with Gasteiger partial charge in [0.25, 0.3) is 0 Å². The standard InChI is InChI=1S/C12H24O2/c1-5-6-8-14-9-7-12(10(2)3)11(4)13/h10,12H,5-9H2,1-4H3. The van der Waals surface area contributed by atoms with Crippen LogP contribution < -0.4 is 0 Å². The summed E-state index contributed by atoms with van der Waals surface area (Å²) in [6.07, 6.45) is 3.16.